The third-order valence-corrected chi connectivity index (χ3v) is 7.00. The fourth-order valence-electron chi connectivity index (χ4n) is 5.06. The van der Waals surface area contributed by atoms with Crippen molar-refractivity contribution in [1.29, 1.82) is 0 Å². The number of hydrogen-bond donors (Lipinski definition) is 1. The molecule has 7 heteroatoms. The normalized spacial score (nSPS) is 20.0. The lowest BCUT2D eigenvalue weighted by Gasteiger charge is -2.20. The fourth-order valence-corrected chi connectivity index (χ4v) is 5.18. The van der Waals surface area contributed by atoms with Gasteiger partial charge in [-0.2, -0.15) is 0 Å². The van der Waals surface area contributed by atoms with Gasteiger partial charge in [0.25, 0.3) is 0 Å². The Hall–Kier alpha value is -3.64. The molecule has 1 N–H and O–H groups in total. The molecule has 4 aromatic rings. The number of para-hydroxylation sites is 2. The average Bonchev–Trinajstić information content (AvgIpc) is 3.40. The molecule has 1 aliphatic carbocycles. The number of oxazole rings is 1. The Morgan fingerprint density at radius 2 is 1.59 bits per heavy atom. The SMILES string of the molecule is O=C(O)[C@H]1[C@H](Cn2c(=O)oc3ccccc32)CC[C@@H]1C(=O)c1ccc(-c2ccc(Cl)cc2)cc1. The van der Waals surface area contributed by atoms with E-state index in [-0.39, 0.29) is 18.2 Å². The second kappa shape index (κ2) is 8.95. The summed E-state index contributed by atoms with van der Waals surface area (Å²) in [5, 5.41) is 10.7. The van der Waals surface area contributed by atoms with E-state index < -0.39 is 23.6 Å². The third kappa shape index (κ3) is 4.05. The Morgan fingerprint density at radius 1 is 0.941 bits per heavy atom. The van der Waals surface area contributed by atoms with Gasteiger partial charge in [0.05, 0.1) is 11.4 Å². The van der Waals surface area contributed by atoms with Crippen LogP contribution in [0.3, 0.4) is 0 Å². The molecule has 0 unspecified atom stereocenters. The van der Waals surface area contributed by atoms with Crippen LogP contribution in [0.15, 0.2) is 82.0 Å². The van der Waals surface area contributed by atoms with Gasteiger partial charge in [-0.3, -0.25) is 14.2 Å². The number of fused-ring (bicyclic) bond motifs is 1. The molecule has 0 amide bonds. The molecule has 1 saturated carbocycles. The van der Waals surface area contributed by atoms with Crippen molar-refractivity contribution in [3.05, 3.63) is 93.9 Å². The van der Waals surface area contributed by atoms with Crippen molar-refractivity contribution < 1.29 is 19.1 Å². The molecule has 3 atom stereocenters. The molecule has 6 nitrogen and oxygen atoms in total. The highest BCUT2D eigenvalue weighted by molar-refractivity contribution is 6.30. The Balaban J connectivity index is 1.38. The molecule has 0 spiro atoms. The van der Waals surface area contributed by atoms with E-state index in [4.69, 9.17) is 16.0 Å². The van der Waals surface area contributed by atoms with Crippen LogP contribution in [0.1, 0.15) is 23.2 Å². The first-order chi connectivity index (χ1) is 16.4. The van der Waals surface area contributed by atoms with E-state index in [0.717, 1.165) is 11.1 Å². The van der Waals surface area contributed by atoms with Gasteiger partial charge in [-0.1, -0.05) is 60.1 Å². The summed E-state index contributed by atoms with van der Waals surface area (Å²) in [4.78, 5) is 37.9. The number of Topliss-reactive ketones (excluding diaryl/α,β-unsaturated/α-hetero) is 1. The molecule has 0 radical (unpaired) electrons. The van der Waals surface area contributed by atoms with Crippen molar-refractivity contribution in [3.8, 4) is 11.1 Å². The second-order valence-corrected chi connectivity index (χ2v) is 9.14. The summed E-state index contributed by atoms with van der Waals surface area (Å²) in [6, 6.07) is 21.7. The van der Waals surface area contributed by atoms with Crippen LogP contribution in [0, 0.1) is 17.8 Å². The van der Waals surface area contributed by atoms with Crippen molar-refractivity contribution in [1.82, 2.24) is 4.57 Å². The topological polar surface area (TPSA) is 89.5 Å². The molecule has 1 fully saturated rings. The maximum absolute atomic E-state index is 13.3. The van der Waals surface area contributed by atoms with E-state index in [0.29, 0.717) is 34.5 Å². The van der Waals surface area contributed by atoms with E-state index in [2.05, 4.69) is 0 Å². The molecule has 0 bridgehead atoms. The first-order valence-corrected chi connectivity index (χ1v) is 11.5. The van der Waals surface area contributed by atoms with Gasteiger partial charge in [-0.15, -0.1) is 0 Å². The number of nitrogens with zero attached hydrogens (tertiary/aromatic N) is 1. The minimum atomic E-state index is -1.01. The van der Waals surface area contributed by atoms with E-state index in [1.165, 1.54) is 4.57 Å². The van der Waals surface area contributed by atoms with Crippen molar-refractivity contribution >= 4 is 34.5 Å². The summed E-state index contributed by atoms with van der Waals surface area (Å²) in [6.07, 6.45) is 1.01. The van der Waals surface area contributed by atoms with Crippen molar-refractivity contribution in [2.24, 2.45) is 17.8 Å². The lowest BCUT2D eigenvalue weighted by Crippen LogP contribution is -2.32. The molecule has 0 saturated heterocycles. The van der Waals surface area contributed by atoms with Crippen LogP contribution in [0.25, 0.3) is 22.2 Å². The molecule has 172 valence electrons. The summed E-state index contributed by atoms with van der Waals surface area (Å²) >= 11 is 5.95. The highest BCUT2D eigenvalue weighted by Crippen LogP contribution is 2.40. The molecule has 0 aliphatic heterocycles. The Bertz CT molecular complexity index is 1420. The Morgan fingerprint density at radius 3 is 2.26 bits per heavy atom. The molecule has 34 heavy (non-hydrogen) atoms. The van der Waals surface area contributed by atoms with Crippen LogP contribution in [-0.2, 0) is 11.3 Å². The summed E-state index contributed by atoms with van der Waals surface area (Å²) in [7, 11) is 0. The number of rotatable bonds is 6. The van der Waals surface area contributed by atoms with Crippen LogP contribution in [0.5, 0.6) is 0 Å². The van der Waals surface area contributed by atoms with Gasteiger partial charge >= 0.3 is 11.7 Å². The van der Waals surface area contributed by atoms with Crippen molar-refractivity contribution in [3.63, 3.8) is 0 Å². The lowest BCUT2D eigenvalue weighted by atomic mass is 9.84. The van der Waals surface area contributed by atoms with E-state index in [1.54, 1.807) is 48.5 Å². The van der Waals surface area contributed by atoms with Crippen LogP contribution in [0.2, 0.25) is 5.02 Å². The second-order valence-electron chi connectivity index (χ2n) is 8.70. The standard InChI is InChI=1S/C27H22ClNO5/c28-20-12-9-17(10-13-20)16-5-7-18(8-6-16)25(30)21-14-11-19(24(21)26(31)32)15-29-22-3-1-2-4-23(22)34-27(29)33/h1-10,12-13,19,21,24H,11,14-15H2,(H,31,32)/t19-,21-,24-/m0/s1. The van der Waals surface area contributed by atoms with E-state index in [1.807, 2.05) is 24.3 Å². The van der Waals surface area contributed by atoms with Gasteiger partial charge in [-0.05, 0) is 54.2 Å². The Kier molecular flexibility index (Phi) is 5.84. The van der Waals surface area contributed by atoms with Crippen LogP contribution < -0.4 is 5.76 Å². The molecular weight excluding hydrogens is 454 g/mol. The first-order valence-electron chi connectivity index (χ1n) is 11.1. The lowest BCUT2D eigenvalue weighted by molar-refractivity contribution is -0.144. The van der Waals surface area contributed by atoms with Gasteiger partial charge in [0.1, 0.15) is 0 Å². The number of ketones is 1. The van der Waals surface area contributed by atoms with E-state index >= 15 is 0 Å². The zero-order valence-corrected chi connectivity index (χ0v) is 18.9. The smallest absolute Gasteiger partial charge is 0.419 e. The third-order valence-electron chi connectivity index (χ3n) is 6.75. The van der Waals surface area contributed by atoms with Gasteiger partial charge in [0, 0.05) is 23.0 Å². The molecular formula is C27H22ClNO5. The molecule has 1 aromatic heterocycles. The number of carboxylic acids is 1. The predicted molar refractivity (Wildman–Crippen MR) is 129 cm³/mol. The monoisotopic (exact) mass is 475 g/mol. The molecule has 1 heterocycles. The molecule has 5 rings (SSSR count). The summed E-state index contributed by atoms with van der Waals surface area (Å²) < 4.78 is 6.76. The van der Waals surface area contributed by atoms with Gasteiger partial charge in [0.2, 0.25) is 0 Å². The number of carbonyl (C=O) groups excluding carboxylic acids is 1. The molecule has 1 aliphatic rings. The number of carboxylic acid groups (broad SMARTS) is 1. The highest BCUT2D eigenvalue weighted by atomic mass is 35.5. The largest absolute Gasteiger partial charge is 0.481 e. The average molecular weight is 476 g/mol. The van der Waals surface area contributed by atoms with Crippen LogP contribution in [-0.4, -0.2) is 21.4 Å². The van der Waals surface area contributed by atoms with Gasteiger partial charge in [-0.25, -0.2) is 4.79 Å². The Labute approximate surface area is 200 Å². The zero-order valence-electron chi connectivity index (χ0n) is 18.2. The van der Waals surface area contributed by atoms with Crippen LogP contribution >= 0.6 is 11.6 Å². The van der Waals surface area contributed by atoms with Crippen LogP contribution in [0.4, 0.5) is 0 Å². The number of aromatic nitrogens is 1. The number of benzene rings is 3. The number of halogens is 1. The van der Waals surface area contributed by atoms with Crippen molar-refractivity contribution in [2.75, 3.05) is 0 Å². The number of hydrogen-bond acceptors (Lipinski definition) is 4. The quantitative estimate of drug-likeness (QED) is 0.370. The van der Waals surface area contributed by atoms with Crippen molar-refractivity contribution in [2.45, 2.75) is 19.4 Å². The highest BCUT2D eigenvalue weighted by Gasteiger charge is 2.45. The summed E-state index contributed by atoms with van der Waals surface area (Å²) in [5.41, 5.74) is 3.50. The van der Waals surface area contributed by atoms with Gasteiger partial charge in [0.15, 0.2) is 11.4 Å². The summed E-state index contributed by atoms with van der Waals surface area (Å²) in [5.74, 6) is -3.57. The number of carbonyl (C=O) groups is 2. The minimum absolute atomic E-state index is 0.179. The predicted octanol–water partition coefficient (Wildman–Crippen LogP) is 5.52. The fraction of sp³-hybridized carbons (Fsp3) is 0.222. The van der Waals surface area contributed by atoms with Gasteiger partial charge < -0.3 is 9.52 Å². The first kappa shape index (κ1) is 22.2. The zero-order chi connectivity index (χ0) is 23.8. The summed E-state index contributed by atoms with van der Waals surface area (Å²) in [6.45, 7) is 0.200. The van der Waals surface area contributed by atoms with E-state index in [9.17, 15) is 19.5 Å². The minimum Gasteiger partial charge on any atom is -0.481 e. The maximum atomic E-state index is 13.3. The maximum Gasteiger partial charge on any atom is 0.419 e. The number of aliphatic carboxylic acids is 1. The molecule has 3 aromatic carbocycles.